The summed E-state index contributed by atoms with van der Waals surface area (Å²) in [5.74, 6) is -6.04. The highest BCUT2D eigenvalue weighted by Gasteiger charge is 2.72. The van der Waals surface area contributed by atoms with Gasteiger partial charge in [-0.05, 0) is 44.1 Å². The summed E-state index contributed by atoms with van der Waals surface area (Å²) >= 11 is 0. The molecule has 0 unspecified atom stereocenters. The zero-order valence-corrected chi connectivity index (χ0v) is 23.8. The largest absolute Gasteiger partial charge is 0.467 e. The fourth-order valence-corrected chi connectivity index (χ4v) is 5.98. The minimum atomic E-state index is -1.54. The van der Waals surface area contributed by atoms with Crippen molar-refractivity contribution < 1.29 is 47.7 Å². The van der Waals surface area contributed by atoms with Crippen LogP contribution in [0.5, 0.6) is 0 Å². The Hall–Kier alpha value is -3.01. The number of ketones is 1. The van der Waals surface area contributed by atoms with E-state index in [2.05, 4.69) is 6.58 Å². The van der Waals surface area contributed by atoms with Crippen molar-refractivity contribution in [2.75, 3.05) is 13.7 Å². The molecule has 0 aromatic carbocycles. The monoisotopic (exact) mass is 548 g/mol. The van der Waals surface area contributed by atoms with E-state index < -0.39 is 77.4 Å². The molecule has 0 aromatic heterocycles. The predicted octanol–water partition coefficient (Wildman–Crippen LogP) is 3.11. The van der Waals surface area contributed by atoms with E-state index in [1.165, 1.54) is 20.1 Å². The van der Waals surface area contributed by atoms with Crippen LogP contribution in [0, 0.1) is 29.6 Å². The number of rotatable bonds is 10. The van der Waals surface area contributed by atoms with Gasteiger partial charge in [-0.25, -0.2) is 9.59 Å². The number of epoxide rings is 1. The first-order valence-corrected chi connectivity index (χ1v) is 13.5. The fourth-order valence-electron chi connectivity index (χ4n) is 5.98. The van der Waals surface area contributed by atoms with E-state index in [0.717, 1.165) is 5.57 Å². The molecule has 9 atom stereocenters. The third kappa shape index (κ3) is 5.95. The SMILES string of the molecule is C=C1[C@H]2CC(=O)[C@@H]([C@H](C)OC(C)=O)[C@H]2[C@@H]([C@@]2(C(=O)OC)CO2)[C@@H](OC(=O)C=C(C)CC)[C@H]1OC(=O)[C@H](C)CC. The van der Waals surface area contributed by atoms with Crippen LogP contribution in [0.3, 0.4) is 0 Å². The summed E-state index contributed by atoms with van der Waals surface area (Å²) in [5, 5.41) is 0. The summed E-state index contributed by atoms with van der Waals surface area (Å²) in [6.45, 7) is 14.3. The molecule has 1 aliphatic heterocycles. The normalized spacial score (nSPS) is 33.5. The highest BCUT2D eigenvalue weighted by atomic mass is 16.6. The average Bonchev–Trinajstić information content (AvgIpc) is 3.60. The molecular formula is C29H40O10. The van der Waals surface area contributed by atoms with Gasteiger partial charge in [-0.3, -0.25) is 14.4 Å². The zero-order chi connectivity index (χ0) is 29.2. The Bertz CT molecular complexity index is 1050. The summed E-state index contributed by atoms with van der Waals surface area (Å²) in [6, 6.07) is 0. The van der Waals surface area contributed by atoms with E-state index in [-0.39, 0.29) is 18.8 Å². The van der Waals surface area contributed by atoms with E-state index in [1.807, 2.05) is 13.8 Å². The Morgan fingerprint density at radius 1 is 1.15 bits per heavy atom. The molecule has 3 rings (SSSR count). The Kier molecular flexibility index (Phi) is 9.41. The van der Waals surface area contributed by atoms with Crippen LogP contribution in [0.25, 0.3) is 0 Å². The number of hydrogen-bond acceptors (Lipinski definition) is 10. The molecule has 2 aliphatic carbocycles. The third-order valence-electron chi connectivity index (χ3n) is 8.40. The average molecular weight is 549 g/mol. The van der Waals surface area contributed by atoms with Crippen molar-refractivity contribution in [2.24, 2.45) is 29.6 Å². The first-order valence-electron chi connectivity index (χ1n) is 13.5. The van der Waals surface area contributed by atoms with Gasteiger partial charge in [-0.1, -0.05) is 32.9 Å². The summed E-state index contributed by atoms with van der Waals surface area (Å²) in [5.41, 5.74) is -0.361. The van der Waals surface area contributed by atoms with Gasteiger partial charge >= 0.3 is 23.9 Å². The molecule has 10 nitrogen and oxygen atoms in total. The van der Waals surface area contributed by atoms with Crippen molar-refractivity contribution in [2.45, 2.75) is 84.7 Å². The lowest BCUT2D eigenvalue weighted by atomic mass is 9.61. The number of allylic oxidation sites excluding steroid dienone is 1. The van der Waals surface area contributed by atoms with Gasteiger partial charge in [-0.2, -0.15) is 0 Å². The number of hydrogen-bond donors (Lipinski definition) is 0. The van der Waals surface area contributed by atoms with Gasteiger partial charge in [0.05, 0.1) is 25.6 Å². The molecule has 0 spiro atoms. The number of Topliss-reactive ketones (excluding diaryl/α,β-unsaturated/α-hetero) is 1. The number of methoxy groups -OCH3 is 1. The van der Waals surface area contributed by atoms with Crippen molar-refractivity contribution in [3.63, 3.8) is 0 Å². The first kappa shape index (κ1) is 30.5. The lowest BCUT2D eigenvalue weighted by Crippen LogP contribution is -2.59. The second-order valence-electron chi connectivity index (χ2n) is 10.9. The van der Waals surface area contributed by atoms with E-state index in [0.29, 0.717) is 18.4 Å². The maximum atomic E-state index is 13.4. The Morgan fingerprint density at radius 2 is 1.79 bits per heavy atom. The Morgan fingerprint density at radius 3 is 2.31 bits per heavy atom. The third-order valence-corrected chi connectivity index (χ3v) is 8.40. The first-order chi connectivity index (χ1) is 18.3. The molecule has 0 bridgehead atoms. The quantitative estimate of drug-likeness (QED) is 0.132. The second-order valence-corrected chi connectivity index (χ2v) is 10.9. The number of carbonyl (C=O) groups is 5. The Labute approximate surface area is 229 Å². The number of esters is 4. The van der Waals surface area contributed by atoms with Crippen LogP contribution in [-0.2, 0) is 47.7 Å². The lowest BCUT2D eigenvalue weighted by Gasteiger charge is -2.48. The maximum Gasteiger partial charge on any atom is 0.341 e. The smallest absolute Gasteiger partial charge is 0.341 e. The molecule has 0 amide bonds. The van der Waals surface area contributed by atoms with Gasteiger partial charge in [0, 0.05) is 25.3 Å². The molecule has 10 heteroatoms. The fraction of sp³-hybridized carbons (Fsp3) is 0.690. The highest BCUT2D eigenvalue weighted by Crippen LogP contribution is 2.58. The standard InChI is InChI=1S/C29H40O10/c1-9-14(3)11-21(32)38-26-24(29(13-36-29)28(34)35-8)23-19(12-20(31)22(23)17(6)37-18(7)30)16(5)25(26)39-27(33)15(4)10-2/h11,15,17,19,22-26H,5,9-10,12-13H2,1-4,6-8H3/t15-,17+,19-,22-,23+,24-,25+,26-,29-/m1/s1. The molecule has 0 aromatic rings. The second kappa shape index (κ2) is 12.0. The number of carbonyl (C=O) groups excluding carboxylic acids is 5. The van der Waals surface area contributed by atoms with Crippen LogP contribution in [0.15, 0.2) is 23.8 Å². The molecule has 216 valence electrons. The van der Waals surface area contributed by atoms with Gasteiger partial charge in [0.15, 0.2) is 11.7 Å². The topological polar surface area (TPSA) is 135 Å². The molecule has 0 N–H and O–H groups in total. The van der Waals surface area contributed by atoms with Gasteiger partial charge in [-0.15, -0.1) is 0 Å². The summed E-state index contributed by atoms with van der Waals surface area (Å²) in [6.07, 6.45) is -0.647. The van der Waals surface area contributed by atoms with Crippen molar-refractivity contribution >= 4 is 29.7 Å². The molecule has 1 saturated heterocycles. The van der Waals surface area contributed by atoms with Gasteiger partial charge < -0.3 is 23.7 Å². The molecule has 0 radical (unpaired) electrons. The maximum absolute atomic E-state index is 13.4. The zero-order valence-electron chi connectivity index (χ0n) is 23.8. The summed E-state index contributed by atoms with van der Waals surface area (Å²) in [7, 11) is 1.22. The molecular weight excluding hydrogens is 508 g/mol. The predicted molar refractivity (Wildman–Crippen MR) is 138 cm³/mol. The van der Waals surface area contributed by atoms with Crippen LogP contribution in [-0.4, -0.2) is 67.3 Å². The molecule has 1 heterocycles. The van der Waals surface area contributed by atoms with Gasteiger partial charge in [0.25, 0.3) is 0 Å². The van der Waals surface area contributed by atoms with E-state index >= 15 is 0 Å². The van der Waals surface area contributed by atoms with Crippen molar-refractivity contribution in [3.8, 4) is 0 Å². The number of ether oxygens (including phenoxy) is 5. The van der Waals surface area contributed by atoms with Crippen LogP contribution in [0.1, 0.15) is 60.8 Å². The van der Waals surface area contributed by atoms with Crippen molar-refractivity contribution in [3.05, 3.63) is 23.8 Å². The van der Waals surface area contributed by atoms with Gasteiger partial charge in [0.1, 0.15) is 18.0 Å². The lowest BCUT2D eigenvalue weighted by molar-refractivity contribution is -0.187. The van der Waals surface area contributed by atoms with E-state index in [1.54, 1.807) is 20.8 Å². The van der Waals surface area contributed by atoms with Crippen LogP contribution in [0.2, 0.25) is 0 Å². The highest BCUT2D eigenvalue weighted by molar-refractivity contribution is 5.88. The van der Waals surface area contributed by atoms with Crippen LogP contribution < -0.4 is 0 Å². The summed E-state index contributed by atoms with van der Waals surface area (Å²) in [4.78, 5) is 64.5. The number of fused-ring (bicyclic) bond motifs is 1. The molecule has 3 aliphatic rings. The Balaban J connectivity index is 2.18. The van der Waals surface area contributed by atoms with Crippen LogP contribution >= 0.6 is 0 Å². The molecule has 39 heavy (non-hydrogen) atoms. The summed E-state index contributed by atoms with van der Waals surface area (Å²) < 4.78 is 28.2. The van der Waals surface area contributed by atoms with Crippen molar-refractivity contribution in [1.82, 2.24) is 0 Å². The van der Waals surface area contributed by atoms with Crippen LogP contribution in [0.4, 0.5) is 0 Å². The molecule has 3 fully saturated rings. The minimum Gasteiger partial charge on any atom is -0.467 e. The molecule has 2 saturated carbocycles. The van der Waals surface area contributed by atoms with E-state index in [4.69, 9.17) is 23.7 Å². The van der Waals surface area contributed by atoms with Gasteiger partial charge in [0.2, 0.25) is 0 Å². The minimum absolute atomic E-state index is 0.0349. The van der Waals surface area contributed by atoms with Crippen molar-refractivity contribution in [1.29, 1.82) is 0 Å². The van der Waals surface area contributed by atoms with E-state index in [9.17, 15) is 24.0 Å².